The van der Waals surface area contributed by atoms with Crippen molar-refractivity contribution < 1.29 is 33.2 Å². The number of ether oxygens (including phenoxy) is 6. The summed E-state index contributed by atoms with van der Waals surface area (Å²) in [5.74, 6) is 0.634. The fourth-order valence-corrected chi connectivity index (χ4v) is 2.67. The average Bonchev–Trinajstić information content (AvgIpc) is 2.78. The number of rotatable bonds is 22. The molecule has 0 saturated heterocycles. The number of benzene rings is 1. The van der Waals surface area contributed by atoms with Crippen molar-refractivity contribution in [3.05, 3.63) is 24.3 Å². The number of carbonyl (C=O) groups excluding carboxylic acids is 1. The zero-order valence-corrected chi connectivity index (χ0v) is 19.8. The van der Waals surface area contributed by atoms with E-state index in [1.54, 1.807) is 12.1 Å². The van der Waals surface area contributed by atoms with E-state index < -0.39 is 0 Å². The summed E-state index contributed by atoms with van der Waals surface area (Å²) in [6, 6.07) is 7.21. The molecule has 0 aliphatic heterocycles. The van der Waals surface area contributed by atoms with Gasteiger partial charge < -0.3 is 33.7 Å². The molecule has 1 N–H and O–H groups in total. The Balaban J connectivity index is 1.76. The quantitative estimate of drug-likeness (QED) is 0.267. The molecule has 1 aromatic rings. The van der Waals surface area contributed by atoms with E-state index >= 15 is 0 Å². The van der Waals surface area contributed by atoms with Crippen LogP contribution in [0.4, 0.5) is 5.69 Å². The van der Waals surface area contributed by atoms with Gasteiger partial charge >= 0.3 is 0 Å². The molecule has 0 aromatic heterocycles. The van der Waals surface area contributed by atoms with Crippen molar-refractivity contribution in [2.24, 2.45) is 0 Å². The Labute approximate surface area is 192 Å². The highest BCUT2D eigenvalue weighted by Gasteiger charge is 1.98. The van der Waals surface area contributed by atoms with Crippen LogP contribution in [-0.2, 0) is 28.5 Å². The Bertz CT molecular complexity index is 554. The SMILES string of the molecule is CCCCCCOCCOCCOCCOCCOCCOc1ccc(NC(C)=O)cc1. The summed E-state index contributed by atoms with van der Waals surface area (Å²) >= 11 is 0. The Morgan fingerprint density at radius 2 is 1.12 bits per heavy atom. The van der Waals surface area contributed by atoms with Crippen LogP contribution in [0.2, 0.25) is 0 Å². The van der Waals surface area contributed by atoms with Gasteiger partial charge in [0.25, 0.3) is 0 Å². The first-order chi connectivity index (χ1) is 15.7. The van der Waals surface area contributed by atoms with E-state index in [-0.39, 0.29) is 5.91 Å². The summed E-state index contributed by atoms with van der Waals surface area (Å²) in [4.78, 5) is 11.0. The van der Waals surface area contributed by atoms with Gasteiger partial charge in [-0.3, -0.25) is 4.79 Å². The second-order valence-electron chi connectivity index (χ2n) is 7.18. The first-order valence-corrected chi connectivity index (χ1v) is 11.6. The molecule has 1 amide bonds. The molecule has 184 valence electrons. The van der Waals surface area contributed by atoms with Crippen molar-refractivity contribution in [1.29, 1.82) is 0 Å². The van der Waals surface area contributed by atoms with Crippen LogP contribution in [0, 0.1) is 0 Å². The highest BCUT2D eigenvalue weighted by Crippen LogP contribution is 2.15. The number of carbonyl (C=O) groups is 1. The van der Waals surface area contributed by atoms with Gasteiger partial charge in [-0.15, -0.1) is 0 Å². The minimum absolute atomic E-state index is 0.0977. The lowest BCUT2D eigenvalue weighted by Gasteiger charge is -2.09. The molecule has 0 atom stereocenters. The summed E-state index contributed by atoms with van der Waals surface area (Å²) in [7, 11) is 0. The molecule has 0 aliphatic rings. The summed E-state index contributed by atoms with van der Waals surface area (Å²) < 4.78 is 32.9. The van der Waals surface area contributed by atoms with Crippen LogP contribution in [-0.4, -0.2) is 78.6 Å². The van der Waals surface area contributed by atoms with Gasteiger partial charge in [0.05, 0.1) is 59.5 Å². The molecular formula is C24H41NO7. The van der Waals surface area contributed by atoms with Crippen molar-refractivity contribution in [3.63, 3.8) is 0 Å². The lowest BCUT2D eigenvalue weighted by molar-refractivity contribution is -0.114. The lowest BCUT2D eigenvalue weighted by atomic mass is 10.2. The second-order valence-corrected chi connectivity index (χ2v) is 7.18. The molecule has 8 heteroatoms. The van der Waals surface area contributed by atoms with Crippen molar-refractivity contribution in [3.8, 4) is 5.75 Å². The summed E-state index contributed by atoms with van der Waals surface area (Å²) in [6.45, 7) is 9.89. The minimum Gasteiger partial charge on any atom is -0.491 e. The molecule has 0 heterocycles. The zero-order chi connectivity index (χ0) is 23.1. The van der Waals surface area contributed by atoms with Gasteiger partial charge in [-0.25, -0.2) is 0 Å². The monoisotopic (exact) mass is 455 g/mol. The van der Waals surface area contributed by atoms with Gasteiger partial charge in [0.1, 0.15) is 12.4 Å². The summed E-state index contributed by atoms with van der Waals surface area (Å²) in [5, 5.41) is 2.71. The number of hydrogen-bond donors (Lipinski definition) is 1. The number of nitrogens with one attached hydrogen (secondary N) is 1. The Kier molecular flexibility index (Phi) is 18.7. The highest BCUT2D eigenvalue weighted by molar-refractivity contribution is 5.88. The smallest absolute Gasteiger partial charge is 0.221 e. The Morgan fingerprint density at radius 3 is 1.59 bits per heavy atom. The standard InChI is InChI=1S/C24H41NO7/c1-3-4-5-6-11-27-12-13-28-14-15-29-16-17-30-18-19-31-20-21-32-24-9-7-23(8-10-24)25-22(2)26/h7-10H,3-6,11-21H2,1-2H3,(H,25,26). The van der Waals surface area contributed by atoms with Gasteiger partial charge in [0.2, 0.25) is 5.91 Å². The first kappa shape index (κ1) is 28.3. The summed E-state index contributed by atoms with van der Waals surface area (Å²) in [5.41, 5.74) is 0.743. The van der Waals surface area contributed by atoms with E-state index in [4.69, 9.17) is 28.4 Å². The van der Waals surface area contributed by atoms with Crippen LogP contribution in [0.5, 0.6) is 5.75 Å². The maximum atomic E-state index is 11.0. The van der Waals surface area contributed by atoms with Gasteiger partial charge in [0.15, 0.2) is 0 Å². The predicted molar refractivity (Wildman–Crippen MR) is 124 cm³/mol. The Morgan fingerprint density at radius 1 is 0.656 bits per heavy atom. The van der Waals surface area contributed by atoms with E-state index in [1.807, 2.05) is 12.1 Å². The molecule has 1 rings (SSSR count). The molecule has 0 spiro atoms. The maximum Gasteiger partial charge on any atom is 0.221 e. The largest absolute Gasteiger partial charge is 0.491 e. The van der Waals surface area contributed by atoms with Crippen LogP contribution < -0.4 is 10.1 Å². The number of amides is 1. The molecular weight excluding hydrogens is 414 g/mol. The highest BCUT2D eigenvalue weighted by atomic mass is 16.6. The molecule has 8 nitrogen and oxygen atoms in total. The van der Waals surface area contributed by atoms with Crippen LogP contribution >= 0.6 is 0 Å². The molecule has 0 saturated carbocycles. The zero-order valence-electron chi connectivity index (χ0n) is 19.8. The van der Waals surface area contributed by atoms with Crippen LogP contribution in [0.1, 0.15) is 39.5 Å². The van der Waals surface area contributed by atoms with E-state index in [0.717, 1.165) is 24.5 Å². The minimum atomic E-state index is -0.0977. The number of unbranched alkanes of at least 4 members (excludes halogenated alkanes) is 3. The van der Waals surface area contributed by atoms with Crippen LogP contribution in [0.15, 0.2) is 24.3 Å². The third-order valence-corrected chi connectivity index (χ3v) is 4.30. The third-order valence-electron chi connectivity index (χ3n) is 4.30. The molecule has 0 bridgehead atoms. The molecule has 0 aliphatic carbocycles. The molecule has 1 aromatic carbocycles. The molecule has 0 fully saturated rings. The van der Waals surface area contributed by atoms with E-state index in [9.17, 15) is 4.79 Å². The topological polar surface area (TPSA) is 84.5 Å². The van der Waals surface area contributed by atoms with E-state index in [0.29, 0.717) is 66.1 Å². The normalized spacial score (nSPS) is 10.9. The molecule has 0 radical (unpaired) electrons. The van der Waals surface area contributed by atoms with Gasteiger partial charge in [-0.05, 0) is 30.7 Å². The van der Waals surface area contributed by atoms with Crippen molar-refractivity contribution in [2.45, 2.75) is 39.5 Å². The maximum absolute atomic E-state index is 11.0. The first-order valence-electron chi connectivity index (χ1n) is 11.6. The van der Waals surface area contributed by atoms with Gasteiger partial charge in [0, 0.05) is 19.2 Å². The van der Waals surface area contributed by atoms with Crippen molar-refractivity contribution >= 4 is 11.6 Å². The Hall–Kier alpha value is -1.71. The third kappa shape index (κ3) is 17.9. The van der Waals surface area contributed by atoms with Crippen molar-refractivity contribution in [2.75, 3.05) is 78.0 Å². The fourth-order valence-electron chi connectivity index (χ4n) is 2.67. The molecule has 32 heavy (non-hydrogen) atoms. The average molecular weight is 456 g/mol. The number of hydrogen-bond acceptors (Lipinski definition) is 7. The fraction of sp³-hybridized carbons (Fsp3) is 0.708. The van der Waals surface area contributed by atoms with Crippen molar-refractivity contribution in [1.82, 2.24) is 0 Å². The van der Waals surface area contributed by atoms with Gasteiger partial charge in [-0.2, -0.15) is 0 Å². The van der Waals surface area contributed by atoms with Crippen LogP contribution in [0.25, 0.3) is 0 Å². The summed E-state index contributed by atoms with van der Waals surface area (Å²) in [6.07, 6.45) is 4.90. The molecule has 0 unspecified atom stereocenters. The van der Waals surface area contributed by atoms with Crippen LogP contribution in [0.3, 0.4) is 0 Å². The second kappa shape index (κ2) is 21.2. The van der Waals surface area contributed by atoms with E-state index in [1.165, 1.54) is 26.2 Å². The predicted octanol–water partition coefficient (Wildman–Crippen LogP) is 3.69. The van der Waals surface area contributed by atoms with Gasteiger partial charge in [-0.1, -0.05) is 26.2 Å². The van der Waals surface area contributed by atoms with E-state index in [2.05, 4.69) is 12.2 Å². The lowest BCUT2D eigenvalue weighted by Crippen LogP contribution is -2.14. The number of anilines is 1.